The summed E-state index contributed by atoms with van der Waals surface area (Å²) in [5, 5.41) is 11.2. The summed E-state index contributed by atoms with van der Waals surface area (Å²) in [6, 6.07) is 7.15. The molecule has 4 heteroatoms. The summed E-state index contributed by atoms with van der Waals surface area (Å²) in [7, 11) is 0. The third-order valence-corrected chi connectivity index (χ3v) is 1.80. The molecule has 14 heavy (non-hydrogen) atoms. The van der Waals surface area contributed by atoms with Crippen molar-refractivity contribution in [2.45, 2.75) is 13.3 Å². The molecule has 1 unspecified atom stereocenters. The van der Waals surface area contributed by atoms with Gasteiger partial charge >= 0.3 is 0 Å². The molecule has 0 bridgehead atoms. The molecule has 0 fully saturated rings. The van der Waals surface area contributed by atoms with Crippen LogP contribution in [0.1, 0.15) is 13.3 Å². The van der Waals surface area contributed by atoms with Gasteiger partial charge in [-0.15, -0.1) is 0 Å². The zero-order valence-corrected chi connectivity index (χ0v) is 7.90. The van der Waals surface area contributed by atoms with Gasteiger partial charge in [-0.2, -0.15) is 5.26 Å². The van der Waals surface area contributed by atoms with E-state index < -0.39 is 5.92 Å². The monoisotopic (exact) mass is 189 g/mol. The summed E-state index contributed by atoms with van der Waals surface area (Å²) >= 11 is 0. The Labute approximate surface area is 82.6 Å². The van der Waals surface area contributed by atoms with Gasteiger partial charge in [0.25, 0.3) is 0 Å². The lowest BCUT2D eigenvalue weighted by Gasteiger charge is -2.06. The lowest BCUT2D eigenvalue weighted by molar-refractivity contribution is -0.118. The highest BCUT2D eigenvalue weighted by atomic mass is 16.1. The molecule has 1 amide bonds. The minimum absolute atomic E-state index is 0.297. The van der Waals surface area contributed by atoms with E-state index >= 15 is 0 Å². The maximum absolute atomic E-state index is 11.4. The molecular formula is C10H11N3O. The molecule has 0 aromatic carbocycles. The highest BCUT2D eigenvalue weighted by Crippen LogP contribution is 2.06. The number of rotatable bonds is 3. The Balaban J connectivity index is 2.62. The highest BCUT2D eigenvalue weighted by molar-refractivity contribution is 5.93. The number of carbonyl (C=O) groups is 1. The molecule has 0 saturated carbocycles. The summed E-state index contributed by atoms with van der Waals surface area (Å²) in [5.41, 5.74) is 0. The average molecular weight is 189 g/mol. The fraction of sp³-hybridized carbons (Fsp3) is 0.300. The molecular weight excluding hydrogens is 178 g/mol. The summed E-state index contributed by atoms with van der Waals surface area (Å²) in [5.74, 6) is -0.420. The number of anilines is 1. The van der Waals surface area contributed by atoms with E-state index in [4.69, 9.17) is 5.26 Å². The van der Waals surface area contributed by atoms with Crippen molar-refractivity contribution in [3.8, 4) is 6.07 Å². The van der Waals surface area contributed by atoms with Gasteiger partial charge in [-0.05, 0) is 18.6 Å². The van der Waals surface area contributed by atoms with Crippen LogP contribution in [0.2, 0.25) is 0 Å². The normalized spacial score (nSPS) is 11.4. The number of carbonyl (C=O) groups excluding carboxylic acids is 1. The smallest absolute Gasteiger partial charge is 0.242 e. The van der Waals surface area contributed by atoms with Crippen molar-refractivity contribution >= 4 is 11.7 Å². The third kappa shape index (κ3) is 2.56. The van der Waals surface area contributed by atoms with E-state index in [1.807, 2.05) is 6.07 Å². The van der Waals surface area contributed by atoms with Crippen molar-refractivity contribution in [2.75, 3.05) is 5.32 Å². The van der Waals surface area contributed by atoms with Crippen molar-refractivity contribution < 1.29 is 4.79 Å². The van der Waals surface area contributed by atoms with Gasteiger partial charge < -0.3 is 5.32 Å². The van der Waals surface area contributed by atoms with E-state index in [2.05, 4.69) is 10.3 Å². The van der Waals surface area contributed by atoms with Crippen LogP contribution in [0, 0.1) is 17.2 Å². The zero-order chi connectivity index (χ0) is 10.4. The number of nitrogens with one attached hydrogen (secondary N) is 1. The first-order valence-corrected chi connectivity index (χ1v) is 4.39. The van der Waals surface area contributed by atoms with Crippen LogP contribution in [-0.4, -0.2) is 10.9 Å². The van der Waals surface area contributed by atoms with Crippen molar-refractivity contribution in [3.05, 3.63) is 24.4 Å². The summed E-state index contributed by atoms with van der Waals surface area (Å²) in [4.78, 5) is 15.3. The van der Waals surface area contributed by atoms with Crippen LogP contribution in [-0.2, 0) is 4.79 Å². The number of hydrogen-bond acceptors (Lipinski definition) is 3. The Morgan fingerprint density at radius 2 is 2.50 bits per heavy atom. The molecule has 1 aromatic heterocycles. The molecule has 72 valence electrons. The van der Waals surface area contributed by atoms with Crippen molar-refractivity contribution in [1.82, 2.24) is 4.98 Å². The quantitative estimate of drug-likeness (QED) is 0.784. The molecule has 1 aromatic rings. The predicted molar refractivity (Wildman–Crippen MR) is 52.3 cm³/mol. The highest BCUT2D eigenvalue weighted by Gasteiger charge is 2.15. The van der Waals surface area contributed by atoms with Gasteiger partial charge in [0, 0.05) is 6.20 Å². The standard InChI is InChI=1S/C10H11N3O/c1-2-8(7-11)10(14)13-9-5-3-4-6-12-9/h3-6,8H,2H2,1H3,(H,12,13,14). The van der Waals surface area contributed by atoms with Crippen molar-refractivity contribution in [1.29, 1.82) is 5.26 Å². The molecule has 1 rings (SSSR count). The molecule has 1 N–H and O–H groups in total. The van der Waals surface area contributed by atoms with E-state index in [-0.39, 0.29) is 5.91 Å². The minimum atomic E-state index is -0.600. The average Bonchev–Trinajstić information content (AvgIpc) is 2.21. The van der Waals surface area contributed by atoms with Gasteiger partial charge in [0.15, 0.2) is 0 Å². The maximum atomic E-state index is 11.4. The second-order valence-corrected chi connectivity index (χ2v) is 2.79. The van der Waals surface area contributed by atoms with E-state index in [9.17, 15) is 4.79 Å². The molecule has 0 spiro atoms. The zero-order valence-electron chi connectivity index (χ0n) is 7.90. The van der Waals surface area contributed by atoms with Gasteiger partial charge in [-0.25, -0.2) is 4.98 Å². The Morgan fingerprint density at radius 1 is 1.71 bits per heavy atom. The van der Waals surface area contributed by atoms with Crippen LogP contribution in [0.4, 0.5) is 5.82 Å². The first kappa shape index (κ1) is 10.2. The van der Waals surface area contributed by atoms with E-state index in [1.54, 1.807) is 31.3 Å². The van der Waals surface area contributed by atoms with Gasteiger partial charge in [0.05, 0.1) is 6.07 Å². The van der Waals surface area contributed by atoms with Crippen LogP contribution in [0.3, 0.4) is 0 Å². The van der Waals surface area contributed by atoms with E-state index in [0.29, 0.717) is 12.2 Å². The largest absolute Gasteiger partial charge is 0.310 e. The first-order chi connectivity index (χ1) is 6.77. The second-order valence-electron chi connectivity index (χ2n) is 2.79. The molecule has 0 saturated heterocycles. The number of amides is 1. The third-order valence-electron chi connectivity index (χ3n) is 1.80. The SMILES string of the molecule is CCC(C#N)C(=O)Nc1ccccn1. The molecule has 1 heterocycles. The fourth-order valence-electron chi connectivity index (χ4n) is 0.985. The molecule has 0 aliphatic carbocycles. The number of nitriles is 1. The number of aromatic nitrogens is 1. The van der Waals surface area contributed by atoms with Crippen LogP contribution in [0.25, 0.3) is 0 Å². The minimum Gasteiger partial charge on any atom is -0.310 e. The van der Waals surface area contributed by atoms with Gasteiger partial charge in [0.1, 0.15) is 11.7 Å². The van der Waals surface area contributed by atoms with Crippen LogP contribution in [0.15, 0.2) is 24.4 Å². The number of pyridine rings is 1. The lowest BCUT2D eigenvalue weighted by atomic mass is 10.1. The number of nitrogens with zero attached hydrogens (tertiary/aromatic N) is 2. The Hall–Kier alpha value is -1.89. The molecule has 0 aliphatic heterocycles. The van der Waals surface area contributed by atoms with Crippen LogP contribution < -0.4 is 5.32 Å². The van der Waals surface area contributed by atoms with Gasteiger partial charge in [0.2, 0.25) is 5.91 Å². The van der Waals surface area contributed by atoms with E-state index in [1.165, 1.54) is 0 Å². The molecule has 0 aliphatic rings. The van der Waals surface area contributed by atoms with Crippen LogP contribution >= 0.6 is 0 Å². The Bertz CT molecular complexity index is 342. The molecule has 0 radical (unpaired) electrons. The topological polar surface area (TPSA) is 65.8 Å². The Kier molecular flexibility index (Phi) is 3.62. The first-order valence-electron chi connectivity index (χ1n) is 4.39. The molecule has 1 atom stereocenters. The lowest BCUT2D eigenvalue weighted by Crippen LogP contribution is -2.21. The number of hydrogen-bond donors (Lipinski definition) is 1. The van der Waals surface area contributed by atoms with Gasteiger partial charge in [-0.3, -0.25) is 4.79 Å². The van der Waals surface area contributed by atoms with Gasteiger partial charge in [-0.1, -0.05) is 13.0 Å². The summed E-state index contributed by atoms with van der Waals surface area (Å²) < 4.78 is 0. The van der Waals surface area contributed by atoms with Crippen LogP contribution in [0.5, 0.6) is 0 Å². The summed E-state index contributed by atoms with van der Waals surface area (Å²) in [6.07, 6.45) is 2.10. The molecule has 4 nitrogen and oxygen atoms in total. The summed E-state index contributed by atoms with van der Waals surface area (Å²) in [6.45, 7) is 1.80. The van der Waals surface area contributed by atoms with Crippen molar-refractivity contribution in [3.63, 3.8) is 0 Å². The second kappa shape index (κ2) is 4.97. The fourth-order valence-corrected chi connectivity index (χ4v) is 0.985. The Morgan fingerprint density at radius 3 is 3.00 bits per heavy atom. The van der Waals surface area contributed by atoms with E-state index in [0.717, 1.165) is 0 Å². The maximum Gasteiger partial charge on any atom is 0.242 e. The predicted octanol–water partition coefficient (Wildman–Crippen LogP) is 1.57. The van der Waals surface area contributed by atoms with Crippen molar-refractivity contribution in [2.24, 2.45) is 5.92 Å².